The molecule has 0 radical (unpaired) electrons. The minimum absolute atomic E-state index is 0.190. The van der Waals surface area contributed by atoms with Gasteiger partial charge in [0.25, 0.3) is 0 Å². The maximum Gasteiger partial charge on any atom is 0.326 e. The fourth-order valence-electron chi connectivity index (χ4n) is 1.10. The highest BCUT2D eigenvalue weighted by atomic mass is 16.5. The van der Waals surface area contributed by atoms with E-state index < -0.39 is 12.0 Å². The summed E-state index contributed by atoms with van der Waals surface area (Å²) < 4.78 is 4.80. The van der Waals surface area contributed by atoms with E-state index >= 15 is 0 Å². The predicted octanol–water partition coefficient (Wildman–Crippen LogP) is 0.884. The Balaban J connectivity index is 4.28. The fraction of sp³-hybridized carbons (Fsp3) is 0.818. The van der Waals surface area contributed by atoms with E-state index in [1.54, 1.807) is 6.92 Å². The molecule has 2 unspecified atom stereocenters. The van der Waals surface area contributed by atoms with Gasteiger partial charge in [-0.15, -0.1) is 0 Å². The summed E-state index contributed by atoms with van der Waals surface area (Å²) in [6.07, 6.45) is 0.280. The van der Waals surface area contributed by atoms with E-state index in [0.29, 0.717) is 6.61 Å². The number of ether oxygens (including phenoxy) is 1. The molecule has 0 fully saturated rings. The zero-order valence-electron chi connectivity index (χ0n) is 10.3. The Morgan fingerprint density at radius 3 is 2.25 bits per heavy atom. The number of carboxylic acid groups (broad SMARTS) is 1. The second kappa shape index (κ2) is 7.22. The van der Waals surface area contributed by atoms with Crippen LogP contribution in [-0.2, 0) is 14.3 Å². The normalized spacial score (nSPS) is 14.6. The maximum absolute atomic E-state index is 11.6. The molecule has 2 atom stereocenters. The van der Waals surface area contributed by atoms with Gasteiger partial charge in [-0.3, -0.25) is 4.79 Å². The minimum Gasteiger partial charge on any atom is -0.480 e. The first-order valence-electron chi connectivity index (χ1n) is 5.42. The summed E-state index contributed by atoms with van der Waals surface area (Å²) in [7, 11) is 1.50. The average molecular weight is 231 g/mol. The average Bonchev–Trinajstić information content (AvgIpc) is 2.21. The molecule has 2 N–H and O–H groups in total. The van der Waals surface area contributed by atoms with Gasteiger partial charge in [0.1, 0.15) is 6.04 Å². The van der Waals surface area contributed by atoms with Gasteiger partial charge in [0, 0.05) is 26.1 Å². The zero-order chi connectivity index (χ0) is 12.7. The molecule has 0 aromatic carbocycles. The van der Waals surface area contributed by atoms with Crippen molar-refractivity contribution in [3.8, 4) is 0 Å². The number of methoxy groups -OCH3 is 1. The molecule has 1 amide bonds. The van der Waals surface area contributed by atoms with Crippen molar-refractivity contribution in [1.82, 2.24) is 5.32 Å². The number of amides is 1. The lowest BCUT2D eigenvalue weighted by molar-refractivity contribution is -0.143. The molecule has 0 spiro atoms. The predicted molar refractivity (Wildman–Crippen MR) is 60.1 cm³/mol. The van der Waals surface area contributed by atoms with Gasteiger partial charge in [-0.25, -0.2) is 4.79 Å². The van der Waals surface area contributed by atoms with Gasteiger partial charge in [-0.1, -0.05) is 20.8 Å². The lowest BCUT2D eigenvalue weighted by atomic mass is 9.97. The number of nitrogens with one attached hydrogen (secondary N) is 1. The number of aliphatic carboxylic acids is 1. The van der Waals surface area contributed by atoms with Crippen molar-refractivity contribution in [3.63, 3.8) is 0 Å². The van der Waals surface area contributed by atoms with Crippen LogP contribution in [0.5, 0.6) is 0 Å². The molecule has 0 aromatic rings. The highest BCUT2D eigenvalue weighted by Crippen LogP contribution is 2.10. The third kappa shape index (κ3) is 5.11. The first kappa shape index (κ1) is 14.9. The third-order valence-corrected chi connectivity index (χ3v) is 2.64. The molecule has 5 nitrogen and oxygen atoms in total. The van der Waals surface area contributed by atoms with E-state index in [1.165, 1.54) is 7.11 Å². The van der Waals surface area contributed by atoms with Crippen molar-refractivity contribution >= 4 is 11.9 Å². The van der Waals surface area contributed by atoms with E-state index in [9.17, 15) is 9.59 Å². The molecule has 5 heteroatoms. The molecule has 0 heterocycles. The third-order valence-electron chi connectivity index (χ3n) is 2.64. The molecule has 0 rings (SSSR count). The van der Waals surface area contributed by atoms with Crippen LogP contribution in [0.25, 0.3) is 0 Å². The Morgan fingerprint density at radius 2 is 1.88 bits per heavy atom. The van der Waals surface area contributed by atoms with Crippen LogP contribution < -0.4 is 5.32 Å². The lowest BCUT2D eigenvalue weighted by Crippen LogP contribution is -2.44. The number of rotatable bonds is 7. The topological polar surface area (TPSA) is 75.6 Å². The molecule has 0 aliphatic heterocycles. The summed E-state index contributed by atoms with van der Waals surface area (Å²) in [4.78, 5) is 22.5. The van der Waals surface area contributed by atoms with Gasteiger partial charge in [-0.05, 0) is 5.92 Å². The summed E-state index contributed by atoms with van der Waals surface area (Å²) >= 11 is 0. The fourth-order valence-corrected chi connectivity index (χ4v) is 1.10. The van der Waals surface area contributed by atoms with Crippen molar-refractivity contribution in [1.29, 1.82) is 0 Å². The van der Waals surface area contributed by atoms with E-state index in [1.807, 2.05) is 13.8 Å². The van der Waals surface area contributed by atoms with E-state index in [0.717, 1.165) is 0 Å². The van der Waals surface area contributed by atoms with Crippen LogP contribution >= 0.6 is 0 Å². The molecule has 16 heavy (non-hydrogen) atoms. The second-order valence-electron chi connectivity index (χ2n) is 4.21. The monoisotopic (exact) mass is 231 g/mol. The van der Waals surface area contributed by atoms with Crippen LogP contribution in [0.3, 0.4) is 0 Å². The van der Waals surface area contributed by atoms with Crippen molar-refractivity contribution < 1.29 is 19.4 Å². The SMILES string of the molecule is COCCC(NC(=O)C(C)C(C)C)C(=O)O. The van der Waals surface area contributed by atoms with Crippen LogP contribution in [0.1, 0.15) is 27.2 Å². The molecule has 0 bridgehead atoms. The van der Waals surface area contributed by atoms with E-state index in [2.05, 4.69) is 5.32 Å². The zero-order valence-corrected chi connectivity index (χ0v) is 10.3. The lowest BCUT2D eigenvalue weighted by Gasteiger charge is -2.19. The van der Waals surface area contributed by atoms with Crippen LogP contribution in [0.4, 0.5) is 0 Å². The maximum atomic E-state index is 11.6. The van der Waals surface area contributed by atoms with Crippen LogP contribution in [0, 0.1) is 11.8 Å². The Bertz CT molecular complexity index is 240. The largest absolute Gasteiger partial charge is 0.480 e. The first-order valence-corrected chi connectivity index (χ1v) is 5.42. The van der Waals surface area contributed by atoms with Gasteiger partial charge in [0.2, 0.25) is 5.91 Å². The van der Waals surface area contributed by atoms with Gasteiger partial charge >= 0.3 is 5.97 Å². The van der Waals surface area contributed by atoms with Crippen molar-refractivity contribution in [2.24, 2.45) is 11.8 Å². The molecule has 0 saturated carbocycles. The van der Waals surface area contributed by atoms with Crippen LogP contribution in [-0.4, -0.2) is 36.7 Å². The van der Waals surface area contributed by atoms with Crippen molar-refractivity contribution in [3.05, 3.63) is 0 Å². The van der Waals surface area contributed by atoms with Gasteiger partial charge in [-0.2, -0.15) is 0 Å². The summed E-state index contributed by atoms with van der Waals surface area (Å²) in [5.74, 6) is -1.25. The van der Waals surface area contributed by atoms with Crippen molar-refractivity contribution in [2.75, 3.05) is 13.7 Å². The molecule has 94 valence electrons. The first-order chi connectivity index (χ1) is 7.40. The Hall–Kier alpha value is -1.10. The standard InChI is InChI=1S/C11H21NO4/c1-7(2)8(3)10(13)12-9(11(14)15)5-6-16-4/h7-9H,5-6H2,1-4H3,(H,12,13)(H,14,15). The number of hydrogen-bond donors (Lipinski definition) is 2. The summed E-state index contributed by atoms with van der Waals surface area (Å²) in [6, 6.07) is -0.867. The molecule has 0 aromatic heterocycles. The molecule has 0 aliphatic carbocycles. The van der Waals surface area contributed by atoms with E-state index in [-0.39, 0.29) is 24.2 Å². The highest BCUT2D eigenvalue weighted by Gasteiger charge is 2.23. The minimum atomic E-state index is -1.03. The van der Waals surface area contributed by atoms with Gasteiger partial charge in [0.15, 0.2) is 0 Å². The second-order valence-corrected chi connectivity index (χ2v) is 4.21. The Morgan fingerprint density at radius 1 is 1.31 bits per heavy atom. The molecular weight excluding hydrogens is 210 g/mol. The summed E-state index contributed by atoms with van der Waals surface area (Å²) in [6.45, 7) is 5.95. The van der Waals surface area contributed by atoms with E-state index in [4.69, 9.17) is 9.84 Å². The van der Waals surface area contributed by atoms with Gasteiger partial charge in [0.05, 0.1) is 0 Å². The smallest absolute Gasteiger partial charge is 0.326 e. The Labute approximate surface area is 96.2 Å². The number of carbonyl (C=O) groups excluding carboxylic acids is 1. The van der Waals surface area contributed by atoms with Gasteiger partial charge < -0.3 is 15.2 Å². The molecule has 0 saturated heterocycles. The number of carboxylic acids is 1. The molecular formula is C11H21NO4. The van der Waals surface area contributed by atoms with Crippen molar-refractivity contribution in [2.45, 2.75) is 33.2 Å². The summed E-state index contributed by atoms with van der Waals surface area (Å²) in [5, 5.41) is 11.4. The van der Waals surface area contributed by atoms with Crippen LogP contribution in [0.15, 0.2) is 0 Å². The highest BCUT2D eigenvalue weighted by molar-refractivity contribution is 5.84. The quantitative estimate of drug-likeness (QED) is 0.682. The number of carbonyl (C=O) groups is 2. The molecule has 0 aliphatic rings. The Kier molecular flexibility index (Phi) is 6.72. The number of hydrogen-bond acceptors (Lipinski definition) is 3. The van der Waals surface area contributed by atoms with Crippen LogP contribution in [0.2, 0.25) is 0 Å². The summed E-state index contributed by atoms with van der Waals surface area (Å²) in [5.41, 5.74) is 0.